The largest absolute Gasteiger partial charge is 0.481 e. The van der Waals surface area contributed by atoms with Gasteiger partial charge in [0.25, 0.3) is 0 Å². The van der Waals surface area contributed by atoms with Crippen LogP contribution < -0.4 is 5.32 Å². The van der Waals surface area contributed by atoms with Crippen molar-refractivity contribution in [3.63, 3.8) is 0 Å². The zero-order chi connectivity index (χ0) is 23.4. The van der Waals surface area contributed by atoms with Crippen LogP contribution in [0, 0.1) is 5.92 Å². The molecule has 1 aliphatic carbocycles. The third kappa shape index (κ3) is 5.17. The van der Waals surface area contributed by atoms with Gasteiger partial charge in [-0.05, 0) is 28.7 Å². The van der Waals surface area contributed by atoms with Gasteiger partial charge in [-0.25, -0.2) is 4.79 Å². The minimum Gasteiger partial charge on any atom is -0.481 e. The number of rotatable bonds is 8. The summed E-state index contributed by atoms with van der Waals surface area (Å²) in [5, 5.41) is 11.7. The number of carboxylic acids is 1. The summed E-state index contributed by atoms with van der Waals surface area (Å²) in [6, 6.07) is 14.8. The average Bonchev–Trinajstić information content (AvgIpc) is 3.42. The summed E-state index contributed by atoms with van der Waals surface area (Å²) in [4.78, 5) is 38.2. The Kier molecular flexibility index (Phi) is 6.93. The maximum atomic E-state index is 12.8. The highest BCUT2D eigenvalue weighted by molar-refractivity contribution is 5.89. The molecule has 0 radical (unpaired) electrons. The van der Waals surface area contributed by atoms with Crippen LogP contribution in [0.4, 0.5) is 4.79 Å². The lowest BCUT2D eigenvalue weighted by molar-refractivity contribution is -0.142. The van der Waals surface area contributed by atoms with Gasteiger partial charge in [-0.3, -0.25) is 9.59 Å². The third-order valence-electron chi connectivity index (χ3n) is 6.24. The van der Waals surface area contributed by atoms with Crippen molar-refractivity contribution in [3.05, 3.63) is 59.7 Å². The van der Waals surface area contributed by atoms with Gasteiger partial charge in [-0.15, -0.1) is 0 Å². The first kappa shape index (κ1) is 22.8. The fraction of sp³-hybridized carbons (Fsp3) is 0.400. The van der Waals surface area contributed by atoms with Crippen LogP contribution in [0.5, 0.6) is 0 Å². The Morgan fingerprint density at radius 2 is 1.76 bits per heavy atom. The lowest BCUT2D eigenvalue weighted by Gasteiger charge is -2.25. The number of likely N-dealkylation sites (N-methyl/N-ethyl adjacent to an activating group) is 1. The van der Waals surface area contributed by atoms with Crippen LogP contribution in [0.3, 0.4) is 0 Å². The molecule has 2 N–H and O–H groups in total. The van der Waals surface area contributed by atoms with E-state index in [1.165, 1.54) is 4.90 Å². The van der Waals surface area contributed by atoms with E-state index >= 15 is 0 Å². The highest BCUT2D eigenvalue weighted by Crippen LogP contribution is 2.44. The van der Waals surface area contributed by atoms with Crippen LogP contribution >= 0.6 is 0 Å². The van der Waals surface area contributed by atoms with Gasteiger partial charge in [0.2, 0.25) is 5.91 Å². The van der Waals surface area contributed by atoms with Gasteiger partial charge in [-0.1, -0.05) is 48.5 Å². The summed E-state index contributed by atoms with van der Waals surface area (Å²) in [6.07, 6.45) is -0.482. The second-order valence-electron chi connectivity index (χ2n) is 8.57. The predicted molar refractivity (Wildman–Crippen MR) is 121 cm³/mol. The van der Waals surface area contributed by atoms with E-state index in [2.05, 4.69) is 5.32 Å². The first-order valence-corrected chi connectivity index (χ1v) is 11.1. The molecule has 174 valence electrons. The quantitative estimate of drug-likeness (QED) is 0.638. The summed E-state index contributed by atoms with van der Waals surface area (Å²) in [5.41, 5.74) is 4.36. The van der Waals surface area contributed by atoms with Gasteiger partial charge in [0.1, 0.15) is 12.6 Å². The minimum atomic E-state index is -1.20. The zero-order valence-electron chi connectivity index (χ0n) is 18.5. The zero-order valence-corrected chi connectivity index (χ0v) is 18.5. The maximum absolute atomic E-state index is 12.8. The molecule has 33 heavy (non-hydrogen) atoms. The third-order valence-corrected chi connectivity index (χ3v) is 6.24. The van der Waals surface area contributed by atoms with Gasteiger partial charge < -0.3 is 24.8 Å². The molecule has 0 bridgehead atoms. The Morgan fingerprint density at radius 1 is 1.12 bits per heavy atom. The molecule has 2 unspecified atom stereocenters. The molecule has 2 amide bonds. The number of carboxylic acid groups (broad SMARTS) is 1. The molecule has 8 nitrogen and oxygen atoms in total. The Bertz CT molecular complexity index is 988. The molecule has 1 saturated heterocycles. The van der Waals surface area contributed by atoms with Gasteiger partial charge in [-0.2, -0.15) is 0 Å². The van der Waals surface area contributed by atoms with Gasteiger partial charge >= 0.3 is 12.1 Å². The first-order valence-electron chi connectivity index (χ1n) is 11.1. The topological polar surface area (TPSA) is 105 Å². The minimum absolute atomic E-state index is 0.0864. The molecule has 1 fully saturated rings. The Hall–Kier alpha value is -3.39. The highest BCUT2D eigenvalue weighted by atomic mass is 16.5. The van der Waals surface area contributed by atoms with E-state index in [4.69, 9.17) is 9.47 Å². The van der Waals surface area contributed by atoms with E-state index in [1.807, 2.05) is 48.5 Å². The van der Waals surface area contributed by atoms with E-state index in [1.54, 1.807) is 7.05 Å². The molecule has 2 aliphatic rings. The molecule has 2 aromatic rings. The summed E-state index contributed by atoms with van der Waals surface area (Å²) < 4.78 is 10.8. The van der Waals surface area contributed by atoms with Crippen molar-refractivity contribution in [1.82, 2.24) is 10.2 Å². The van der Waals surface area contributed by atoms with Crippen LogP contribution in [0.25, 0.3) is 11.1 Å². The van der Waals surface area contributed by atoms with Crippen LogP contribution in [-0.4, -0.2) is 67.4 Å². The number of nitrogens with zero attached hydrogens (tertiary/aromatic N) is 1. The van der Waals surface area contributed by atoms with Crippen LogP contribution in [0.1, 0.15) is 29.9 Å². The summed E-state index contributed by atoms with van der Waals surface area (Å²) in [7, 11) is 1.61. The predicted octanol–water partition coefficient (Wildman–Crippen LogP) is 2.86. The molecule has 2 atom stereocenters. The Balaban J connectivity index is 1.39. The monoisotopic (exact) mass is 452 g/mol. The molecular weight excluding hydrogens is 424 g/mol. The van der Waals surface area contributed by atoms with Gasteiger partial charge in [0, 0.05) is 32.0 Å². The second-order valence-corrected chi connectivity index (χ2v) is 8.57. The van der Waals surface area contributed by atoms with Crippen molar-refractivity contribution in [2.75, 3.05) is 33.4 Å². The standard InChI is InChI=1S/C25H28N2O6/c1-27(13-16-10-11-32-14-16)24(30)22(12-23(28)29)26-25(31)33-15-21-19-8-4-2-6-17(19)18-7-3-5-9-20(18)21/h2-9,16,21-22H,10-15H2,1H3,(H,26,31)(H,28,29). The van der Waals surface area contributed by atoms with Crippen LogP contribution in [0.2, 0.25) is 0 Å². The van der Waals surface area contributed by atoms with E-state index in [0.29, 0.717) is 19.8 Å². The number of hydrogen-bond acceptors (Lipinski definition) is 5. The summed E-state index contributed by atoms with van der Waals surface area (Å²) >= 11 is 0. The number of ether oxygens (including phenoxy) is 2. The lowest BCUT2D eigenvalue weighted by Crippen LogP contribution is -2.49. The van der Waals surface area contributed by atoms with E-state index in [-0.39, 0.29) is 18.4 Å². The lowest BCUT2D eigenvalue weighted by atomic mass is 9.98. The van der Waals surface area contributed by atoms with E-state index < -0.39 is 30.4 Å². The van der Waals surface area contributed by atoms with Crippen LogP contribution in [-0.2, 0) is 19.1 Å². The number of alkyl carbamates (subject to hydrolysis) is 1. The molecule has 0 spiro atoms. The first-order chi connectivity index (χ1) is 15.9. The summed E-state index contributed by atoms with van der Waals surface area (Å²) in [5.74, 6) is -1.55. The van der Waals surface area contributed by atoms with Crippen LogP contribution in [0.15, 0.2) is 48.5 Å². The number of carbonyl (C=O) groups is 3. The smallest absolute Gasteiger partial charge is 0.407 e. The maximum Gasteiger partial charge on any atom is 0.407 e. The number of aliphatic carboxylic acids is 1. The number of fused-ring (bicyclic) bond motifs is 3. The van der Waals surface area contributed by atoms with E-state index in [0.717, 1.165) is 28.7 Å². The van der Waals surface area contributed by atoms with Gasteiger partial charge in [0.05, 0.1) is 13.0 Å². The molecule has 1 heterocycles. The highest BCUT2D eigenvalue weighted by Gasteiger charge is 2.31. The van der Waals surface area contributed by atoms with Crippen molar-refractivity contribution in [2.45, 2.75) is 24.8 Å². The van der Waals surface area contributed by atoms with Crippen molar-refractivity contribution in [2.24, 2.45) is 5.92 Å². The fourth-order valence-electron chi connectivity index (χ4n) is 4.63. The van der Waals surface area contributed by atoms with Gasteiger partial charge in [0.15, 0.2) is 0 Å². The second kappa shape index (κ2) is 10.0. The average molecular weight is 453 g/mol. The normalized spacial score (nSPS) is 17.7. The SMILES string of the molecule is CN(CC1CCOC1)C(=O)C(CC(=O)O)NC(=O)OCC1c2ccccc2-c2ccccc21. The molecule has 1 aliphatic heterocycles. The number of hydrogen-bond donors (Lipinski definition) is 2. The van der Waals surface area contributed by atoms with E-state index in [9.17, 15) is 19.5 Å². The number of benzene rings is 2. The molecule has 8 heteroatoms. The van der Waals surface area contributed by atoms with Crippen molar-refractivity contribution < 1.29 is 29.0 Å². The summed E-state index contributed by atoms with van der Waals surface area (Å²) in [6.45, 7) is 1.76. The number of nitrogens with one attached hydrogen (secondary N) is 1. The Morgan fingerprint density at radius 3 is 2.33 bits per heavy atom. The number of amides is 2. The van der Waals surface area contributed by atoms with Crippen molar-refractivity contribution in [3.8, 4) is 11.1 Å². The molecular formula is C25H28N2O6. The molecule has 2 aromatic carbocycles. The molecule has 0 saturated carbocycles. The van der Waals surface area contributed by atoms with Crippen molar-refractivity contribution >= 4 is 18.0 Å². The Labute approximate surface area is 192 Å². The molecule has 0 aromatic heterocycles. The molecule has 4 rings (SSSR count). The number of carbonyl (C=O) groups excluding carboxylic acids is 2. The fourth-order valence-corrected chi connectivity index (χ4v) is 4.63. The van der Waals surface area contributed by atoms with Crippen molar-refractivity contribution in [1.29, 1.82) is 0 Å².